The van der Waals surface area contributed by atoms with Crippen LogP contribution in [0.1, 0.15) is 29.5 Å². The number of hydrogen-bond acceptors (Lipinski definition) is 4. The van der Waals surface area contributed by atoms with E-state index in [-0.39, 0.29) is 0 Å². The number of hydrogen-bond donors (Lipinski definition) is 2. The van der Waals surface area contributed by atoms with Gasteiger partial charge < -0.3 is 11.1 Å². The highest BCUT2D eigenvalue weighted by molar-refractivity contribution is 5.67. The molecule has 0 bridgehead atoms. The number of rotatable bonds is 3. The second-order valence-corrected chi connectivity index (χ2v) is 5.34. The third-order valence-corrected chi connectivity index (χ3v) is 3.53. The van der Waals surface area contributed by atoms with E-state index in [9.17, 15) is 5.26 Å². The van der Waals surface area contributed by atoms with Gasteiger partial charge in [-0.05, 0) is 38.3 Å². The number of aryl methyl sites for hydroxylation is 2. The van der Waals surface area contributed by atoms with Gasteiger partial charge in [-0.3, -0.25) is 0 Å². The zero-order valence-electron chi connectivity index (χ0n) is 11.6. The van der Waals surface area contributed by atoms with Gasteiger partial charge in [0.25, 0.3) is 0 Å². The van der Waals surface area contributed by atoms with Gasteiger partial charge in [0, 0.05) is 6.04 Å². The van der Waals surface area contributed by atoms with E-state index < -0.39 is 0 Å². The average molecular weight is 267 g/mol. The van der Waals surface area contributed by atoms with Crippen molar-refractivity contribution in [2.45, 2.75) is 32.7 Å². The quantitative estimate of drug-likeness (QED) is 0.895. The van der Waals surface area contributed by atoms with E-state index in [0.29, 0.717) is 23.2 Å². The maximum Gasteiger partial charge on any atom is 0.168 e. The van der Waals surface area contributed by atoms with Crippen molar-refractivity contribution in [2.75, 3.05) is 11.1 Å². The third-order valence-electron chi connectivity index (χ3n) is 3.53. The van der Waals surface area contributed by atoms with E-state index >= 15 is 0 Å². The average Bonchev–Trinajstić information content (AvgIpc) is 3.15. The van der Waals surface area contributed by atoms with Crippen LogP contribution in [0.2, 0.25) is 0 Å². The fourth-order valence-electron chi connectivity index (χ4n) is 2.29. The largest absolute Gasteiger partial charge is 0.382 e. The van der Waals surface area contributed by atoms with Crippen LogP contribution in [-0.2, 0) is 0 Å². The molecule has 0 aliphatic heterocycles. The summed E-state index contributed by atoms with van der Waals surface area (Å²) in [5.41, 5.74) is 9.70. The van der Waals surface area contributed by atoms with E-state index in [1.165, 1.54) is 5.56 Å². The fraction of sp³-hybridized carbons (Fsp3) is 0.333. The molecule has 2 aromatic rings. The maximum atomic E-state index is 9.28. The SMILES string of the molecule is Cc1ccc(-n2nc(NC3CC3)c(C#N)c2N)c(C)c1. The Kier molecular flexibility index (Phi) is 2.87. The van der Waals surface area contributed by atoms with Crippen molar-refractivity contribution in [2.24, 2.45) is 0 Å². The summed E-state index contributed by atoms with van der Waals surface area (Å²) in [4.78, 5) is 0. The molecule has 5 nitrogen and oxygen atoms in total. The monoisotopic (exact) mass is 267 g/mol. The minimum absolute atomic E-state index is 0.391. The minimum Gasteiger partial charge on any atom is -0.382 e. The lowest BCUT2D eigenvalue weighted by Gasteiger charge is -2.08. The van der Waals surface area contributed by atoms with Gasteiger partial charge in [-0.25, -0.2) is 4.68 Å². The first kappa shape index (κ1) is 12.5. The Hall–Kier alpha value is -2.48. The van der Waals surface area contributed by atoms with Crippen LogP contribution < -0.4 is 11.1 Å². The molecule has 0 spiro atoms. The highest BCUT2D eigenvalue weighted by Gasteiger charge is 2.25. The zero-order chi connectivity index (χ0) is 14.3. The van der Waals surface area contributed by atoms with Crippen LogP contribution in [0.5, 0.6) is 0 Å². The molecular formula is C15H17N5. The molecule has 0 radical (unpaired) electrons. The summed E-state index contributed by atoms with van der Waals surface area (Å²) >= 11 is 0. The van der Waals surface area contributed by atoms with Crippen molar-refractivity contribution < 1.29 is 0 Å². The van der Waals surface area contributed by atoms with E-state index in [0.717, 1.165) is 24.1 Å². The fourth-order valence-corrected chi connectivity index (χ4v) is 2.29. The summed E-state index contributed by atoms with van der Waals surface area (Å²) in [7, 11) is 0. The molecule has 1 aromatic heterocycles. The molecule has 0 amide bonds. The van der Waals surface area contributed by atoms with E-state index in [1.807, 2.05) is 26.0 Å². The molecular weight excluding hydrogens is 250 g/mol. The number of benzene rings is 1. The standard InChI is InChI=1S/C15H17N5/c1-9-3-6-13(10(2)7-9)20-14(17)12(8-16)15(19-20)18-11-4-5-11/h3,6-7,11H,4-5,17H2,1-2H3,(H,18,19). The lowest BCUT2D eigenvalue weighted by atomic mass is 10.1. The number of nitriles is 1. The second-order valence-electron chi connectivity index (χ2n) is 5.34. The lowest BCUT2D eigenvalue weighted by molar-refractivity contribution is 0.879. The summed E-state index contributed by atoms with van der Waals surface area (Å²) in [5.74, 6) is 0.982. The Morgan fingerprint density at radius 2 is 2.15 bits per heavy atom. The molecule has 1 aliphatic rings. The van der Waals surface area contributed by atoms with E-state index in [4.69, 9.17) is 5.73 Å². The molecule has 102 valence electrons. The van der Waals surface area contributed by atoms with Gasteiger partial charge in [0.2, 0.25) is 0 Å². The Balaban J connectivity index is 2.09. The number of aromatic nitrogens is 2. The summed E-state index contributed by atoms with van der Waals surface area (Å²) < 4.78 is 1.65. The van der Waals surface area contributed by atoms with Crippen LogP contribution in [0.15, 0.2) is 18.2 Å². The number of nitrogens with zero attached hydrogens (tertiary/aromatic N) is 3. The molecule has 1 aromatic carbocycles. The first-order valence-corrected chi connectivity index (χ1v) is 6.73. The molecule has 0 saturated heterocycles. The molecule has 0 unspecified atom stereocenters. The van der Waals surface area contributed by atoms with Crippen molar-refractivity contribution in [3.8, 4) is 11.8 Å². The molecule has 5 heteroatoms. The zero-order valence-corrected chi connectivity index (χ0v) is 11.6. The molecule has 1 heterocycles. The van der Waals surface area contributed by atoms with E-state index in [1.54, 1.807) is 4.68 Å². The van der Waals surface area contributed by atoms with Crippen LogP contribution in [-0.4, -0.2) is 15.8 Å². The summed E-state index contributed by atoms with van der Waals surface area (Å²) in [5, 5.41) is 17.0. The Bertz CT molecular complexity index is 704. The van der Waals surface area contributed by atoms with Gasteiger partial charge >= 0.3 is 0 Å². The molecule has 0 atom stereocenters. The molecule has 1 aliphatic carbocycles. The molecule has 3 N–H and O–H groups in total. The second kappa shape index (κ2) is 4.57. The molecule has 3 rings (SSSR count). The van der Waals surface area contributed by atoms with Crippen molar-refractivity contribution >= 4 is 11.6 Å². The number of nitrogen functional groups attached to an aromatic ring is 1. The molecule has 1 saturated carbocycles. The van der Waals surface area contributed by atoms with Crippen molar-refractivity contribution in [3.63, 3.8) is 0 Å². The first-order chi connectivity index (χ1) is 9.60. The van der Waals surface area contributed by atoms with Gasteiger partial charge in [0.15, 0.2) is 5.82 Å². The van der Waals surface area contributed by atoms with Crippen molar-refractivity contribution in [1.29, 1.82) is 5.26 Å². The normalized spacial score (nSPS) is 14.1. The van der Waals surface area contributed by atoms with Gasteiger partial charge in [0.1, 0.15) is 17.5 Å². The predicted octanol–water partition coefficient (Wildman–Crippen LogP) is 2.52. The smallest absolute Gasteiger partial charge is 0.168 e. The van der Waals surface area contributed by atoms with Crippen LogP contribution in [0.4, 0.5) is 11.6 Å². The Morgan fingerprint density at radius 1 is 1.40 bits per heavy atom. The van der Waals surface area contributed by atoms with Gasteiger partial charge in [-0.15, -0.1) is 5.10 Å². The van der Waals surface area contributed by atoms with Crippen LogP contribution in [0.3, 0.4) is 0 Å². The minimum atomic E-state index is 0.391. The summed E-state index contributed by atoms with van der Waals surface area (Å²) in [6.07, 6.45) is 2.25. The number of anilines is 2. The van der Waals surface area contributed by atoms with E-state index in [2.05, 4.69) is 22.6 Å². The Morgan fingerprint density at radius 3 is 2.75 bits per heavy atom. The number of nitrogens with two attached hydrogens (primary N) is 1. The third kappa shape index (κ3) is 2.10. The highest BCUT2D eigenvalue weighted by Crippen LogP contribution is 2.30. The number of nitrogens with one attached hydrogen (secondary N) is 1. The lowest BCUT2D eigenvalue weighted by Crippen LogP contribution is -2.05. The van der Waals surface area contributed by atoms with Crippen molar-refractivity contribution in [3.05, 3.63) is 34.9 Å². The summed E-state index contributed by atoms with van der Waals surface area (Å²) in [6, 6.07) is 8.66. The maximum absolute atomic E-state index is 9.28. The van der Waals surface area contributed by atoms with Gasteiger partial charge in [-0.2, -0.15) is 5.26 Å². The molecule has 1 fully saturated rings. The van der Waals surface area contributed by atoms with Gasteiger partial charge in [0.05, 0.1) is 5.69 Å². The van der Waals surface area contributed by atoms with Gasteiger partial charge in [-0.1, -0.05) is 17.7 Å². The highest BCUT2D eigenvalue weighted by atomic mass is 15.4. The summed E-state index contributed by atoms with van der Waals surface area (Å²) in [6.45, 7) is 4.06. The predicted molar refractivity (Wildman–Crippen MR) is 78.8 cm³/mol. The van der Waals surface area contributed by atoms with Crippen molar-refractivity contribution in [1.82, 2.24) is 9.78 Å². The Labute approximate surface area is 118 Å². The molecule has 20 heavy (non-hydrogen) atoms. The topological polar surface area (TPSA) is 79.7 Å². The van der Waals surface area contributed by atoms with Crippen LogP contribution in [0.25, 0.3) is 5.69 Å². The first-order valence-electron chi connectivity index (χ1n) is 6.73. The van der Waals surface area contributed by atoms with Crippen LogP contribution >= 0.6 is 0 Å². The van der Waals surface area contributed by atoms with Crippen LogP contribution in [0, 0.1) is 25.2 Å².